The van der Waals surface area contributed by atoms with Crippen LogP contribution in [0.1, 0.15) is 17.5 Å². The van der Waals surface area contributed by atoms with Crippen LogP contribution in [0.4, 0.5) is 13.6 Å². The molecule has 1 atom stereocenters. The SMILES string of the molecule is O=C(NC1(c2ccc(Br)cc2)CC1(F)F)OCc1ccccc1. The van der Waals surface area contributed by atoms with Crippen LogP contribution in [-0.4, -0.2) is 12.0 Å². The standard InChI is InChI=1S/C17H14BrF2NO2/c18-14-8-6-13(7-9-14)16(11-17(16,19)20)21-15(22)23-10-12-4-2-1-3-5-12/h1-9H,10-11H2,(H,21,22). The first-order valence-electron chi connectivity index (χ1n) is 7.06. The Morgan fingerprint density at radius 3 is 2.30 bits per heavy atom. The highest BCUT2D eigenvalue weighted by atomic mass is 79.9. The van der Waals surface area contributed by atoms with E-state index in [1.807, 2.05) is 18.2 Å². The van der Waals surface area contributed by atoms with Gasteiger partial charge in [0, 0.05) is 10.9 Å². The molecule has 3 nitrogen and oxygen atoms in total. The van der Waals surface area contributed by atoms with Crippen LogP contribution in [-0.2, 0) is 16.9 Å². The van der Waals surface area contributed by atoms with Gasteiger partial charge in [0.05, 0.1) is 0 Å². The summed E-state index contributed by atoms with van der Waals surface area (Å²) < 4.78 is 33.6. The van der Waals surface area contributed by atoms with Crippen molar-refractivity contribution in [2.24, 2.45) is 0 Å². The van der Waals surface area contributed by atoms with Crippen molar-refractivity contribution < 1.29 is 18.3 Å². The summed E-state index contributed by atoms with van der Waals surface area (Å²) in [4.78, 5) is 11.9. The molecule has 0 radical (unpaired) electrons. The van der Waals surface area contributed by atoms with Crippen LogP contribution >= 0.6 is 15.9 Å². The Morgan fingerprint density at radius 1 is 1.13 bits per heavy atom. The van der Waals surface area contributed by atoms with Gasteiger partial charge in [-0.2, -0.15) is 0 Å². The van der Waals surface area contributed by atoms with Gasteiger partial charge in [0.25, 0.3) is 5.92 Å². The summed E-state index contributed by atoms with van der Waals surface area (Å²) in [6.45, 7) is 0.0364. The molecule has 0 aliphatic heterocycles. The third-order valence-electron chi connectivity index (χ3n) is 3.85. The van der Waals surface area contributed by atoms with Crippen LogP contribution in [0.3, 0.4) is 0 Å². The molecule has 1 aliphatic rings. The fourth-order valence-corrected chi connectivity index (χ4v) is 2.74. The van der Waals surface area contributed by atoms with Gasteiger partial charge in [-0.25, -0.2) is 13.6 Å². The molecule has 23 heavy (non-hydrogen) atoms. The van der Waals surface area contributed by atoms with Crippen molar-refractivity contribution in [2.75, 3.05) is 0 Å². The van der Waals surface area contributed by atoms with E-state index in [4.69, 9.17) is 4.74 Å². The van der Waals surface area contributed by atoms with Crippen molar-refractivity contribution in [3.63, 3.8) is 0 Å². The van der Waals surface area contributed by atoms with E-state index in [9.17, 15) is 13.6 Å². The summed E-state index contributed by atoms with van der Waals surface area (Å²) in [6.07, 6.45) is -1.28. The minimum atomic E-state index is -2.98. The van der Waals surface area contributed by atoms with Gasteiger partial charge in [-0.1, -0.05) is 58.4 Å². The second-order valence-electron chi connectivity index (χ2n) is 5.48. The minimum absolute atomic E-state index is 0.0364. The molecule has 1 unspecified atom stereocenters. The fraction of sp³-hybridized carbons (Fsp3) is 0.235. The summed E-state index contributed by atoms with van der Waals surface area (Å²) in [5, 5.41) is 2.34. The lowest BCUT2D eigenvalue weighted by Gasteiger charge is -2.19. The molecule has 0 spiro atoms. The van der Waals surface area contributed by atoms with E-state index in [0.717, 1.165) is 10.0 Å². The lowest BCUT2D eigenvalue weighted by atomic mass is 10.0. The average molecular weight is 382 g/mol. The number of carbonyl (C=O) groups is 1. The molecule has 1 saturated carbocycles. The van der Waals surface area contributed by atoms with Crippen LogP contribution in [0.15, 0.2) is 59.1 Å². The van der Waals surface area contributed by atoms with Crippen LogP contribution in [0.5, 0.6) is 0 Å². The first kappa shape index (κ1) is 15.9. The van der Waals surface area contributed by atoms with Gasteiger partial charge in [0.15, 0.2) is 0 Å². The maximum absolute atomic E-state index is 13.9. The maximum Gasteiger partial charge on any atom is 0.408 e. The number of alkyl halides is 2. The predicted octanol–water partition coefficient (Wildman–Crippen LogP) is 4.61. The highest BCUT2D eigenvalue weighted by Gasteiger charge is 2.73. The molecule has 120 valence electrons. The molecule has 0 aromatic heterocycles. The van der Waals surface area contributed by atoms with Crippen LogP contribution in [0.2, 0.25) is 0 Å². The highest BCUT2D eigenvalue weighted by Crippen LogP contribution is 2.59. The van der Waals surface area contributed by atoms with Crippen molar-refractivity contribution >= 4 is 22.0 Å². The Kier molecular flexibility index (Phi) is 4.10. The molecule has 1 aliphatic carbocycles. The Morgan fingerprint density at radius 2 is 1.74 bits per heavy atom. The number of carbonyl (C=O) groups excluding carboxylic acids is 1. The number of ether oxygens (including phenoxy) is 1. The van der Waals surface area contributed by atoms with E-state index < -0.39 is 24.0 Å². The summed E-state index contributed by atoms with van der Waals surface area (Å²) in [7, 11) is 0. The van der Waals surface area contributed by atoms with E-state index in [-0.39, 0.29) is 6.61 Å². The highest BCUT2D eigenvalue weighted by molar-refractivity contribution is 9.10. The third kappa shape index (κ3) is 3.22. The van der Waals surface area contributed by atoms with Crippen LogP contribution in [0, 0.1) is 0 Å². The minimum Gasteiger partial charge on any atom is -0.445 e. The normalized spacial score (nSPS) is 21.5. The number of nitrogens with one attached hydrogen (secondary N) is 1. The molecule has 1 N–H and O–H groups in total. The van der Waals surface area contributed by atoms with E-state index in [1.165, 1.54) is 0 Å². The molecule has 0 bridgehead atoms. The zero-order chi connectivity index (χ0) is 16.5. The zero-order valence-electron chi connectivity index (χ0n) is 12.1. The summed E-state index contributed by atoms with van der Waals surface area (Å²) in [6, 6.07) is 15.5. The smallest absolute Gasteiger partial charge is 0.408 e. The topological polar surface area (TPSA) is 38.3 Å². The first-order valence-corrected chi connectivity index (χ1v) is 7.85. The molecular weight excluding hydrogens is 368 g/mol. The Hall–Kier alpha value is -1.95. The van der Waals surface area contributed by atoms with Crippen molar-refractivity contribution in [2.45, 2.75) is 24.5 Å². The zero-order valence-corrected chi connectivity index (χ0v) is 13.6. The summed E-state index contributed by atoms with van der Waals surface area (Å²) in [5.41, 5.74) is -0.521. The second kappa shape index (κ2) is 5.92. The van der Waals surface area contributed by atoms with Crippen molar-refractivity contribution in [1.82, 2.24) is 5.32 Å². The molecule has 2 aromatic carbocycles. The molecular formula is C17H14BrF2NO2. The van der Waals surface area contributed by atoms with Gasteiger partial charge in [0.2, 0.25) is 0 Å². The predicted molar refractivity (Wildman–Crippen MR) is 85.1 cm³/mol. The number of hydrogen-bond donors (Lipinski definition) is 1. The van der Waals surface area contributed by atoms with Gasteiger partial charge >= 0.3 is 6.09 Å². The number of amides is 1. The largest absolute Gasteiger partial charge is 0.445 e. The Bertz CT molecular complexity index is 706. The fourth-order valence-electron chi connectivity index (χ4n) is 2.48. The number of alkyl carbamates (subject to hydrolysis) is 1. The third-order valence-corrected chi connectivity index (χ3v) is 4.38. The average Bonchev–Trinajstić information content (AvgIpc) is 3.08. The Labute approximate surface area is 140 Å². The summed E-state index contributed by atoms with van der Waals surface area (Å²) >= 11 is 3.26. The lowest BCUT2D eigenvalue weighted by Crippen LogP contribution is -2.39. The second-order valence-corrected chi connectivity index (χ2v) is 6.40. The van der Waals surface area contributed by atoms with Gasteiger partial charge in [0.1, 0.15) is 12.1 Å². The summed E-state index contributed by atoms with van der Waals surface area (Å²) in [5.74, 6) is -2.98. The van der Waals surface area contributed by atoms with Gasteiger partial charge < -0.3 is 10.1 Å². The molecule has 3 rings (SSSR count). The molecule has 1 amide bonds. The molecule has 0 saturated heterocycles. The van der Waals surface area contributed by atoms with Crippen molar-refractivity contribution in [3.8, 4) is 0 Å². The number of halogens is 3. The molecule has 0 heterocycles. The van der Waals surface area contributed by atoms with E-state index in [0.29, 0.717) is 5.56 Å². The molecule has 2 aromatic rings. The van der Waals surface area contributed by atoms with E-state index >= 15 is 0 Å². The molecule has 1 fully saturated rings. The monoisotopic (exact) mass is 381 g/mol. The lowest BCUT2D eigenvalue weighted by molar-refractivity contribution is 0.0702. The van der Waals surface area contributed by atoms with E-state index in [2.05, 4.69) is 21.2 Å². The number of rotatable bonds is 4. The molecule has 6 heteroatoms. The quantitative estimate of drug-likeness (QED) is 0.839. The van der Waals surface area contributed by atoms with Crippen molar-refractivity contribution in [1.29, 1.82) is 0 Å². The number of hydrogen-bond acceptors (Lipinski definition) is 2. The van der Waals surface area contributed by atoms with Gasteiger partial charge in [-0.15, -0.1) is 0 Å². The first-order chi connectivity index (χ1) is 10.9. The van der Waals surface area contributed by atoms with Crippen LogP contribution < -0.4 is 5.32 Å². The van der Waals surface area contributed by atoms with Gasteiger partial charge in [-0.3, -0.25) is 0 Å². The maximum atomic E-state index is 13.9. The number of benzene rings is 2. The van der Waals surface area contributed by atoms with E-state index in [1.54, 1.807) is 36.4 Å². The van der Waals surface area contributed by atoms with Gasteiger partial charge in [-0.05, 0) is 23.3 Å². The van der Waals surface area contributed by atoms with Crippen molar-refractivity contribution in [3.05, 3.63) is 70.2 Å². The Balaban J connectivity index is 1.69. The van der Waals surface area contributed by atoms with Crippen LogP contribution in [0.25, 0.3) is 0 Å².